The first-order chi connectivity index (χ1) is 6.11. The second-order valence-electron chi connectivity index (χ2n) is 2.92. The van der Waals surface area contributed by atoms with Crippen molar-refractivity contribution in [2.45, 2.75) is 30.6 Å². The molecule has 4 unspecified atom stereocenters. The van der Waals surface area contributed by atoms with Gasteiger partial charge in [-0.05, 0) is 0 Å². The van der Waals surface area contributed by atoms with Gasteiger partial charge in [-0.25, -0.2) is 5.43 Å². The zero-order valence-corrected chi connectivity index (χ0v) is 6.87. The summed E-state index contributed by atoms with van der Waals surface area (Å²) in [6.45, 7) is -0.455. The third-order valence-corrected chi connectivity index (χ3v) is 2.06. The molecule has 0 saturated carbocycles. The van der Waals surface area contributed by atoms with Crippen LogP contribution < -0.4 is 11.3 Å². The number of nitrogens with one attached hydrogen (secondary N) is 1. The summed E-state index contributed by atoms with van der Waals surface area (Å²) < 4.78 is 4.93. The molecule has 1 saturated heterocycles. The third kappa shape index (κ3) is 1.97. The maximum Gasteiger partial charge on any atom is 0.149 e. The fourth-order valence-electron chi connectivity index (χ4n) is 1.24. The Bertz CT molecular complexity index is 149. The number of nitrogens with two attached hydrogens (primary N) is 1. The molecule has 78 valence electrons. The molecule has 13 heavy (non-hydrogen) atoms. The second-order valence-corrected chi connectivity index (χ2v) is 2.92. The van der Waals surface area contributed by atoms with Gasteiger partial charge >= 0.3 is 0 Å². The fourth-order valence-corrected chi connectivity index (χ4v) is 1.24. The molecule has 1 heterocycles. The molecule has 0 radical (unpaired) electrons. The average Bonchev–Trinajstić information content (AvgIpc) is 2.15. The van der Waals surface area contributed by atoms with Crippen LogP contribution in [0.25, 0.3) is 0 Å². The summed E-state index contributed by atoms with van der Waals surface area (Å²) in [5.41, 5.74) is 2.11. The summed E-state index contributed by atoms with van der Waals surface area (Å²) in [5, 5.41) is 36.5. The third-order valence-electron chi connectivity index (χ3n) is 2.06. The number of aliphatic hydroxyl groups is 4. The number of hydrogen-bond donors (Lipinski definition) is 6. The first-order valence-corrected chi connectivity index (χ1v) is 3.88. The summed E-state index contributed by atoms with van der Waals surface area (Å²) in [7, 11) is 0. The van der Waals surface area contributed by atoms with Crippen LogP contribution in [0.15, 0.2) is 0 Å². The number of aliphatic hydroxyl groups excluding tert-OH is 4. The maximum atomic E-state index is 9.26. The highest BCUT2D eigenvalue weighted by atomic mass is 16.6. The van der Waals surface area contributed by atoms with E-state index in [1.807, 2.05) is 0 Å². The van der Waals surface area contributed by atoms with Gasteiger partial charge < -0.3 is 25.2 Å². The molecule has 0 aromatic carbocycles. The van der Waals surface area contributed by atoms with Gasteiger partial charge in [-0.15, -0.1) is 0 Å². The minimum Gasteiger partial charge on any atom is -0.394 e. The monoisotopic (exact) mass is 194 g/mol. The van der Waals surface area contributed by atoms with E-state index in [-0.39, 0.29) is 0 Å². The van der Waals surface area contributed by atoms with Gasteiger partial charge in [-0.1, -0.05) is 0 Å². The zero-order valence-electron chi connectivity index (χ0n) is 6.87. The maximum absolute atomic E-state index is 9.26. The Morgan fingerprint density at radius 2 is 1.77 bits per heavy atom. The lowest BCUT2D eigenvalue weighted by Gasteiger charge is -2.39. The molecule has 7 nitrogen and oxygen atoms in total. The van der Waals surface area contributed by atoms with Crippen molar-refractivity contribution in [3.63, 3.8) is 0 Å². The van der Waals surface area contributed by atoms with Gasteiger partial charge in [0.2, 0.25) is 0 Å². The molecule has 1 aliphatic heterocycles. The molecular weight excluding hydrogens is 180 g/mol. The molecule has 7 N–H and O–H groups in total. The molecule has 1 fully saturated rings. The molecule has 0 spiro atoms. The van der Waals surface area contributed by atoms with Crippen molar-refractivity contribution >= 4 is 0 Å². The van der Waals surface area contributed by atoms with Gasteiger partial charge in [0.05, 0.1) is 6.61 Å². The summed E-state index contributed by atoms with van der Waals surface area (Å²) in [6.07, 6.45) is -5.95. The van der Waals surface area contributed by atoms with Crippen LogP contribution in [0.1, 0.15) is 0 Å². The number of rotatable bonds is 2. The van der Waals surface area contributed by atoms with Crippen LogP contribution in [0.4, 0.5) is 0 Å². The first kappa shape index (κ1) is 10.8. The van der Waals surface area contributed by atoms with E-state index < -0.39 is 37.3 Å². The molecule has 1 aliphatic rings. The van der Waals surface area contributed by atoms with Gasteiger partial charge in [-0.2, -0.15) is 0 Å². The predicted octanol–water partition coefficient (Wildman–Crippen LogP) is -3.75. The average molecular weight is 194 g/mol. The summed E-state index contributed by atoms with van der Waals surface area (Å²) >= 11 is 0. The highest BCUT2D eigenvalue weighted by Gasteiger charge is 2.42. The Labute approximate surface area is 74.7 Å². The molecular formula is C6H14N2O5. The zero-order chi connectivity index (χ0) is 10.0. The van der Waals surface area contributed by atoms with Crippen LogP contribution in [-0.4, -0.2) is 57.7 Å². The predicted molar refractivity (Wildman–Crippen MR) is 41.1 cm³/mol. The van der Waals surface area contributed by atoms with Crippen molar-refractivity contribution in [2.24, 2.45) is 5.84 Å². The van der Waals surface area contributed by atoms with Gasteiger partial charge in [0.15, 0.2) is 0 Å². The standard InChI is InChI=1S/C6H14N2O5/c7-8-6-5(12)4(11)3(10)2(1-9)13-6/h2-6,8-12H,1,7H2/t2?,3-,4?,5?,6?/m1/s1. The van der Waals surface area contributed by atoms with Crippen LogP contribution in [0.2, 0.25) is 0 Å². The fraction of sp³-hybridized carbons (Fsp3) is 1.00. The van der Waals surface area contributed by atoms with Crippen LogP contribution in [0.5, 0.6) is 0 Å². The summed E-state index contributed by atoms with van der Waals surface area (Å²) in [5.74, 6) is 5.01. The SMILES string of the molecule is NNC1OC(CO)[C@@H](O)C(O)C1O. The lowest BCUT2D eigenvalue weighted by atomic mass is 9.99. The molecule has 0 amide bonds. The van der Waals surface area contributed by atoms with Crippen molar-refractivity contribution in [1.82, 2.24) is 5.43 Å². The number of hydrogen-bond acceptors (Lipinski definition) is 7. The van der Waals surface area contributed by atoms with E-state index in [9.17, 15) is 15.3 Å². The molecule has 0 bridgehead atoms. The van der Waals surface area contributed by atoms with Gasteiger partial charge in [0, 0.05) is 0 Å². The van der Waals surface area contributed by atoms with Crippen LogP contribution in [-0.2, 0) is 4.74 Å². The lowest BCUT2D eigenvalue weighted by Crippen LogP contribution is -2.63. The van der Waals surface area contributed by atoms with E-state index >= 15 is 0 Å². The number of hydrazine groups is 1. The van der Waals surface area contributed by atoms with E-state index in [0.717, 1.165) is 0 Å². The minimum absolute atomic E-state index is 0.455. The second kappa shape index (κ2) is 4.29. The van der Waals surface area contributed by atoms with E-state index in [0.29, 0.717) is 0 Å². The molecule has 1 rings (SSSR count). The van der Waals surface area contributed by atoms with E-state index in [1.165, 1.54) is 0 Å². The smallest absolute Gasteiger partial charge is 0.149 e. The minimum atomic E-state index is -1.38. The molecule has 0 aliphatic carbocycles. The summed E-state index contributed by atoms with van der Waals surface area (Å²) in [6, 6.07) is 0. The largest absolute Gasteiger partial charge is 0.394 e. The van der Waals surface area contributed by atoms with Crippen LogP contribution in [0, 0.1) is 0 Å². The van der Waals surface area contributed by atoms with Crippen LogP contribution >= 0.6 is 0 Å². The Morgan fingerprint density at radius 3 is 2.23 bits per heavy atom. The Morgan fingerprint density at radius 1 is 1.15 bits per heavy atom. The Hall–Kier alpha value is -0.280. The van der Waals surface area contributed by atoms with Crippen molar-refractivity contribution < 1.29 is 25.2 Å². The van der Waals surface area contributed by atoms with Gasteiger partial charge in [0.1, 0.15) is 30.6 Å². The van der Waals surface area contributed by atoms with E-state index in [4.69, 9.17) is 15.7 Å². The normalized spacial score (nSPS) is 46.4. The molecule has 5 atom stereocenters. The van der Waals surface area contributed by atoms with E-state index in [1.54, 1.807) is 0 Å². The van der Waals surface area contributed by atoms with E-state index in [2.05, 4.69) is 5.43 Å². The van der Waals surface area contributed by atoms with Crippen LogP contribution in [0.3, 0.4) is 0 Å². The van der Waals surface area contributed by atoms with Gasteiger partial charge in [0.25, 0.3) is 0 Å². The van der Waals surface area contributed by atoms with Crippen molar-refractivity contribution in [3.8, 4) is 0 Å². The van der Waals surface area contributed by atoms with Crippen molar-refractivity contribution in [2.75, 3.05) is 6.61 Å². The highest BCUT2D eigenvalue weighted by molar-refractivity contribution is 4.90. The molecule has 0 aromatic rings. The van der Waals surface area contributed by atoms with Gasteiger partial charge in [-0.3, -0.25) is 5.84 Å². The van der Waals surface area contributed by atoms with Crippen molar-refractivity contribution in [1.29, 1.82) is 0 Å². The number of ether oxygens (including phenoxy) is 1. The quantitative estimate of drug-likeness (QED) is 0.197. The first-order valence-electron chi connectivity index (χ1n) is 3.88. The molecule has 7 heteroatoms. The highest BCUT2D eigenvalue weighted by Crippen LogP contribution is 2.18. The molecule has 0 aromatic heterocycles. The lowest BCUT2D eigenvalue weighted by molar-refractivity contribution is -0.236. The van der Waals surface area contributed by atoms with Crippen molar-refractivity contribution in [3.05, 3.63) is 0 Å². The Kier molecular flexibility index (Phi) is 3.56. The topological polar surface area (TPSA) is 128 Å². The Balaban J connectivity index is 2.66. The summed E-state index contributed by atoms with van der Waals surface area (Å²) in [4.78, 5) is 0.